The SMILES string of the molecule is CCN(c1ccccc1)C(CN)c1cccnc1. The van der Waals surface area contributed by atoms with Crippen molar-refractivity contribution in [2.45, 2.75) is 13.0 Å². The molecule has 2 rings (SSSR count). The Hall–Kier alpha value is -1.87. The van der Waals surface area contributed by atoms with E-state index < -0.39 is 0 Å². The number of aromatic nitrogens is 1. The lowest BCUT2D eigenvalue weighted by molar-refractivity contribution is 0.641. The van der Waals surface area contributed by atoms with Crippen LogP contribution in [0.3, 0.4) is 0 Å². The van der Waals surface area contributed by atoms with Crippen LogP contribution in [0.1, 0.15) is 18.5 Å². The normalized spacial score (nSPS) is 12.1. The lowest BCUT2D eigenvalue weighted by Crippen LogP contribution is -2.33. The smallest absolute Gasteiger partial charge is 0.0679 e. The molecule has 1 unspecified atom stereocenters. The van der Waals surface area contributed by atoms with Gasteiger partial charge in [0.25, 0.3) is 0 Å². The van der Waals surface area contributed by atoms with Gasteiger partial charge in [0.2, 0.25) is 0 Å². The standard InChI is InChI=1S/C15H19N3/c1-2-18(14-8-4-3-5-9-14)15(11-16)13-7-6-10-17-12-13/h3-10,12,15H,2,11,16H2,1H3. The lowest BCUT2D eigenvalue weighted by Gasteiger charge is -2.32. The molecule has 1 atom stereocenters. The van der Waals surface area contributed by atoms with Gasteiger partial charge >= 0.3 is 0 Å². The van der Waals surface area contributed by atoms with Crippen LogP contribution in [0.5, 0.6) is 0 Å². The zero-order valence-corrected chi connectivity index (χ0v) is 10.7. The van der Waals surface area contributed by atoms with Gasteiger partial charge in [-0.1, -0.05) is 24.3 Å². The Morgan fingerprint density at radius 2 is 1.94 bits per heavy atom. The van der Waals surface area contributed by atoms with Crippen molar-refractivity contribution in [3.8, 4) is 0 Å². The number of hydrogen-bond donors (Lipinski definition) is 1. The summed E-state index contributed by atoms with van der Waals surface area (Å²) in [4.78, 5) is 6.48. The molecule has 0 radical (unpaired) electrons. The Bertz CT molecular complexity index is 410. The van der Waals surface area contributed by atoms with E-state index >= 15 is 0 Å². The monoisotopic (exact) mass is 241 g/mol. The maximum Gasteiger partial charge on any atom is 0.0679 e. The number of pyridine rings is 1. The van der Waals surface area contributed by atoms with E-state index in [0.717, 1.165) is 12.1 Å². The highest BCUT2D eigenvalue weighted by atomic mass is 15.2. The highest BCUT2D eigenvalue weighted by Gasteiger charge is 2.17. The molecule has 1 aromatic heterocycles. The number of likely N-dealkylation sites (N-methyl/N-ethyl adjacent to an activating group) is 1. The molecule has 1 heterocycles. The van der Waals surface area contributed by atoms with E-state index in [2.05, 4.69) is 47.1 Å². The van der Waals surface area contributed by atoms with Crippen LogP contribution in [0, 0.1) is 0 Å². The highest BCUT2D eigenvalue weighted by Crippen LogP contribution is 2.25. The summed E-state index contributed by atoms with van der Waals surface area (Å²) in [7, 11) is 0. The number of nitrogens with zero attached hydrogens (tertiary/aromatic N) is 2. The van der Waals surface area contributed by atoms with Gasteiger partial charge in [-0.2, -0.15) is 0 Å². The fourth-order valence-electron chi connectivity index (χ4n) is 2.22. The van der Waals surface area contributed by atoms with E-state index in [1.165, 1.54) is 5.69 Å². The quantitative estimate of drug-likeness (QED) is 0.875. The van der Waals surface area contributed by atoms with Crippen molar-refractivity contribution < 1.29 is 0 Å². The molecule has 0 amide bonds. The molecule has 0 aliphatic carbocycles. The maximum atomic E-state index is 5.95. The topological polar surface area (TPSA) is 42.1 Å². The Balaban J connectivity index is 2.31. The average Bonchev–Trinajstić information content (AvgIpc) is 2.46. The van der Waals surface area contributed by atoms with Crippen LogP contribution in [-0.4, -0.2) is 18.1 Å². The van der Waals surface area contributed by atoms with Crippen molar-refractivity contribution in [1.29, 1.82) is 0 Å². The first kappa shape index (κ1) is 12.6. The van der Waals surface area contributed by atoms with Crippen LogP contribution in [0.4, 0.5) is 5.69 Å². The number of nitrogens with two attached hydrogens (primary N) is 1. The van der Waals surface area contributed by atoms with Crippen LogP contribution in [0.2, 0.25) is 0 Å². The van der Waals surface area contributed by atoms with Crippen LogP contribution < -0.4 is 10.6 Å². The summed E-state index contributed by atoms with van der Waals surface area (Å²) in [5.41, 5.74) is 8.30. The van der Waals surface area contributed by atoms with E-state index in [1.54, 1.807) is 6.20 Å². The van der Waals surface area contributed by atoms with Gasteiger partial charge in [-0.15, -0.1) is 0 Å². The van der Waals surface area contributed by atoms with Gasteiger partial charge in [0.05, 0.1) is 6.04 Å². The number of rotatable bonds is 5. The molecular formula is C15H19N3. The summed E-state index contributed by atoms with van der Waals surface area (Å²) >= 11 is 0. The molecule has 0 aliphatic rings. The van der Waals surface area contributed by atoms with Crippen molar-refractivity contribution >= 4 is 5.69 Å². The Labute approximate surface area is 108 Å². The van der Waals surface area contributed by atoms with Crippen molar-refractivity contribution in [2.24, 2.45) is 5.73 Å². The van der Waals surface area contributed by atoms with E-state index in [1.807, 2.05) is 18.3 Å². The number of para-hydroxylation sites is 1. The Morgan fingerprint density at radius 1 is 1.17 bits per heavy atom. The van der Waals surface area contributed by atoms with Gasteiger partial charge in [0.1, 0.15) is 0 Å². The minimum absolute atomic E-state index is 0.172. The molecule has 2 aromatic rings. The van der Waals surface area contributed by atoms with E-state index in [4.69, 9.17) is 5.73 Å². The van der Waals surface area contributed by atoms with Gasteiger partial charge in [0.15, 0.2) is 0 Å². The first-order chi connectivity index (χ1) is 8.86. The van der Waals surface area contributed by atoms with Gasteiger partial charge < -0.3 is 10.6 Å². The second kappa shape index (κ2) is 6.17. The molecule has 18 heavy (non-hydrogen) atoms. The molecule has 0 aliphatic heterocycles. The molecule has 3 heteroatoms. The predicted octanol–water partition coefficient (Wildman–Crippen LogP) is 2.61. The summed E-state index contributed by atoms with van der Waals surface area (Å²) in [5.74, 6) is 0. The molecule has 2 N–H and O–H groups in total. The van der Waals surface area contributed by atoms with Gasteiger partial charge in [0, 0.05) is 31.2 Å². The average molecular weight is 241 g/mol. The predicted molar refractivity (Wildman–Crippen MR) is 75.5 cm³/mol. The first-order valence-electron chi connectivity index (χ1n) is 6.28. The van der Waals surface area contributed by atoms with E-state index in [0.29, 0.717) is 6.54 Å². The second-order valence-electron chi connectivity index (χ2n) is 4.16. The van der Waals surface area contributed by atoms with Crippen LogP contribution >= 0.6 is 0 Å². The second-order valence-corrected chi connectivity index (χ2v) is 4.16. The molecule has 94 valence electrons. The van der Waals surface area contributed by atoms with Crippen molar-refractivity contribution in [3.05, 3.63) is 60.4 Å². The largest absolute Gasteiger partial charge is 0.363 e. The van der Waals surface area contributed by atoms with Crippen LogP contribution in [0.25, 0.3) is 0 Å². The van der Waals surface area contributed by atoms with E-state index in [9.17, 15) is 0 Å². The summed E-state index contributed by atoms with van der Waals surface area (Å²) in [6.07, 6.45) is 3.68. The van der Waals surface area contributed by atoms with Gasteiger partial charge in [-0.25, -0.2) is 0 Å². The van der Waals surface area contributed by atoms with Crippen molar-refractivity contribution in [2.75, 3.05) is 18.0 Å². The minimum Gasteiger partial charge on any atom is -0.363 e. The minimum atomic E-state index is 0.172. The van der Waals surface area contributed by atoms with Gasteiger partial charge in [-0.3, -0.25) is 4.98 Å². The summed E-state index contributed by atoms with van der Waals surface area (Å²) in [5, 5.41) is 0. The Morgan fingerprint density at radius 3 is 2.50 bits per heavy atom. The van der Waals surface area contributed by atoms with Crippen molar-refractivity contribution in [3.63, 3.8) is 0 Å². The van der Waals surface area contributed by atoms with E-state index in [-0.39, 0.29) is 6.04 Å². The molecule has 0 spiro atoms. The summed E-state index contributed by atoms with van der Waals surface area (Å²) in [6, 6.07) is 14.6. The van der Waals surface area contributed by atoms with Crippen LogP contribution in [0.15, 0.2) is 54.9 Å². The third-order valence-electron chi connectivity index (χ3n) is 3.10. The molecular weight excluding hydrogens is 222 g/mol. The number of hydrogen-bond acceptors (Lipinski definition) is 3. The number of benzene rings is 1. The third-order valence-corrected chi connectivity index (χ3v) is 3.10. The summed E-state index contributed by atoms with van der Waals surface area (Å²) in [6.45, 7) is 3.64. The first-order valence-corrected chi connectivity index (χ1v) is 6.28. The maximum absolute atomic E-state index is 5.95. The van der Waals surface area contributed by atoms with Crippen molar-refractivity contribution in [1.82, 2.24) is 4.98 Å². The molecule has 0 saturated heterocycles. The fraction of sp³-hybridized carbons (Fsp3) is 0.267. The molecule has 1 aromatic carbocycles. The molecule has 0 fully saturated rings. The highest BCUT2D eigenvalue weighted by molar-refractivity contribution is 5.48. The zero-order chi connectivity index (χ0) is 12.8. The molecule has 0 saturated carbocycles. The number of anilines is 1. The third kappa shape index (κ3) is 2.68. The van der Waals surface area contributed by atoms with Crippen LogP contribution in [-0.2, 0) is 0 Å². The Kier molecular flexibility index (Phi) is 4.31. The van der Waals surface area contributed by atoms with Gasteiger partial charge in [-0.05, 0) is 30.7 Å². The zero-order valence-electron chi connectivity index (χ0n) is 10.7. The fourth-order valence-corrected chi connectivity index (χ4v) is 2.22. The lowest BCUT2D eigenvalue weighted by atomic mass is 10.1. The molecule has 0 bridgehead atoms. The summed E-state index contributed by atoms with van der Waals surface area (Å²) < 4.78 is 0. The molecule has 3 nitrogen and oxygen atoms in total.